The SMILES string of the molecule is COc1cccc(CN(C(=O)CN(c2ccc(C(C)C)cc2)S(=O)(=O)c2ccc(C)cc2)C(Cc2ccccc2)C(=O)NC(C)(C)C)c1. The lowest BCUT2D eigenvalue weighted by Gasteiger charge is -2.35. The van der Waals surface area contributed by atoms with Crippen LogP contribution in [0.5, 0.6) is 5.75 Å². The largest absolute Gasteiger partial charge is 0.497 e. The van der Waals surface area contributed by atoms with Gasteiger partial charge in [0.15, 0.2) is 0 Å². The van der Waals surface area contributed by atoms with Crippen molar-refractivity contribution in [1.29, 1.82) is 0 Å². The Morgan fingerprint density at radius 2 is 1.46 bits per heavy atom. The zero-order valence-electron chi connectivity index (χ0n) is 28.9. The molecule has 0 saturated heterocycles. The molecule has 4 aromatic rings. The number of carbonyl (C=O) groups is 2. The molecule has 0 aliphatic heterocycles. The van der Waals surface area contributed by atoms with Crippen molar-refractivity contribution in [3.63, 3.8) is 0 Å². The molecule has 0 aromatic heterocycles. The Bertz CT molecular complexity index is 1780. The van der Waals surface area contributed by atoms with Crippen LogP contribution in [0.15, 0.2) is 108 Å². The summed E-state index contributed by atoms with van der Waals surface area (Å²) in [7, 11) is -2.62. The minimum absolute atomic E-state index is 0.0514. The lowest BCUT2D eigenvalue weighted by molar-refractivity contribution is -0.140. The number of nitrogens with zero attached hydrogens (tertiary/aromatic N) is 2. The van der Waals surface area contributed by atoms with Crippen molar-refractivity contribution < 1.29 is 22.7 Å². The summed E-state index contributed by atoms with van der Waals surface area (Å²) in [6.07, 6.45) is 0.228. The maximum absolute atomic E-state index is 14.7. The van der Waals surface area contributed by atoms with Crippen LogP contribution in [0.4, 0.5) is 5.69 Å². The fraction of sp³-hybridized carbons (Fsp3) is 0.333. The normalized spacial score (nSPS) is 12.3. The highest BCUT2D eigenvalue weighted by molar-refractivity contribution is 7.92. The van der Waals surface area contributed by atoms with Crippen LogP contribution in [-0.2, 0) is 32.6 Å². The summed E-state index contributed by atoms with van der Waals surface area (Å²) in [4.78, 5) is 30.3. The van der Waals surface area contributed by atoms with Crippen molar-refractivity contribution in [2.24, 2.45) is 0 Å². The summed E-state index contributed by atoms with van der Waals surface area (Å²) in [5.41, 5.74) is 3.33. The van der Waals surface area contributed by atoms with Crippen LogP contribution >= 0.6 is 0 Å². The van der Waals surface area contributed by atoms with Gasteiger partial charge in [-0.25, -0.2) is 8.42 Å². The number of anilines is 1. The number of hydrogen-bond donors (Lipinski definition) is 1. The molecule has 1 unspecified atom stereocenters. The number of amides is 2. The lowest BCUT2D eigenvalue weighted by Crippen LogP contribution is -2.56. The molecule has 8 nitrogen and oxygen atoms in total. The lowest BCUT2D eigenvalue weighted by atomic mass is 10.0. The van der Waals surface area contributed by atoms with Gasteiger partial charge in [0.05, 0.1) is 17.7 Å². The van der Waals surface area contributed by atoms with Crippen LogP contribution in [0.3, 0.4) is 0 Å². The van der Waals surface area contributed by atoms with Crippen molar-refractivity contribution in [2.75, 3.05) is 18.0 Å². The van der Waals surface area contributed by atoms with Gasteiger partial charge < -0.3 is 15.0 Å². The van der Waals surface area contributed by atoms with Gasteiger partial charge >= 0.3 is 0 Å². The van der Waals surface area contributed by atoms with Gasteiger partial charge in [0.1, 0.15) is 18.3 Å². The molecule has 0 bridgehead atoms. The standard InChI is InChI=1S/C39H47N3O5S/c1-28(2)32-18-20-33(21-19-32)42(48(45,46)35-22-16-29(3)17-23-35)27-37(43)41(26-31-14-11-15-34(24-31)47-7)36(38(44)40-39(4,5)6)25-30-12-9-8-10-13-30/h8-24,28,36H,25-27H2,1-7H3,(H,40,44). The number of sulfonamides is 1. The predicted octanol–water partition coefficient (Wildman–Crippen LogP) is 6.88. The molecule has 0 fully saturated rings. The van der Waals surface area contributed by atoms with E-state index in [1.54, 1.807) is 49.6 Å². The first-order valence-corrected chi connectivity index (χ1v) is 17.6. The van der Waals surface area contributed by atoms with E-state index in [2.05, 4.69) is 19.2 Å². The van der Waals surface area contributed by atoms with E-state index in [1.807, 2.05) is 88.4 Å². The van der Waals surface area contributed by atoms with Crippen molar-refractivity contribution in [3.05, 3.63) is 125 Å². The highest BCUT2D eigenvalue weighted by Gasteiger charge is 2.35. The van der Waals surface area contributed by atoms with E-state index < -0.39 is 34.1 Å². The average Bonchev–Trinajstić information content (AvgIpc) is 3.05. The van der Waals surface area contributed by atoms with E-state index in [0.717, 1.165) is 26.6 Å². The van der Waals surface area contributed by atoms with Gasteiger partial charge in [0.25, 0.3) is 10.0 Å². The molecule has 1 atom stereocenters. The topological polar surface area (TPSA) is 96.0 Å². The second-order valence-electron chi connectivity index (χ2n) is 13.4. The summed E-state index contributed by atoms with van der Waals surface area (Å²) in [6, 6.07) is 29.6. The molecular weight excluding hydrogens is 623 g/mol. The molecule has 0 aliphatic carbocycles. The molecule has 0 spiro atoms. The van der Waals surface area contributed by atoms with E-state index in [1.165, 1.54) is 4.90 Å². The number of aryl methyl sites for hydroxylation is 1. The molecule has 4 rings (SSSR count). The first kappa shape index (κ1) is 36.2. The Morgan fingerprint density at radius 1 is 0.833 bits per heavy atom. The Balaban J connectivity index is 1.84. The summed E-state index contributed by atoms with van der Waals surface area (Å²) >= 11 is 0. The van der Waals surface area contributed by atoms with Crippen LogP contribution in [0.25, 0.3) is 0 Å². The second kappa shape index (κ2) is 15.5. The molecule has 254 valence electrons. The first-order valence-electron chi connectivity index (χ1n) is 16.2. The molecular formula is C39H47N3O5S. The van der Waals surface area contributed by atoms with Gasteiger partial charge in [0.2, 0.25) is 11.8 Å². The van der Waals surface area contributed by atoms with Gasteiger partial charge in [-0.05, 0) is 86.7 Å². The number of ether oxygens (including phenoxy) is 1. The number of hydrogen-bond acceptors (Lipinski definition) is 5. The Labute approximate surface area is 285 Å². The number of methoxy groups -OCH3 is 1. The third kappa shape index (κ3) is 9.47. The second-order valence-corrected chi connectivity index (χ2v) is 15.3. The average molecular weight is 670 g/mol. The van der Waals surface area contributed by atoms with Crippen molar-refractivity contribution in [1.82, 2.24) is 10.2 Å². The van der Waals surface area contributed by atoms with Gasteiger partial charge in [-0.2, -0.15) is 0 Å². The minimum Gasteiger partial charge on any atom is -0.497 e. The summed E-state index contributed by atoms with van der Waals surface area (Å²) in [6.45, 7) is 11.2. The number of benzene rings is 4. The third-order valence-corrected chi connectivity index (χ3v) is 9.78. The molecule has 48 heavy (non-hydrogen) atoms. The van der Waals surface area contributed by atoms with Gasteiger partial charge in [-0.1, -0.05) is 86.1 Å². The predicted molar refractivity (Wildman–Crippen MR) is 192 cm³/mol. The van der Waals surface area contributed by atoms with Gasteiger partial charge in [0, 0.05) is 18.5 Å². The molecule has 1 N–H and O–H groups in total. The highest BCUT2D eigenvalue weighted by Crippen LogP contribution is 2.27. The molecule has 0 radical (unpaired) electrons. The van der Waals surface area contributed by atoms with Crippen molar-refractivity contribution >= 4 is 27.5 Å². The Kier molecular flexibility index (Phi) is 11.7. The van der Waals surface area contributed by atoms with Gasteiger partial charge in [-0.3, -0.25) is 13.9 Å². The smallest absolute Gasteiger partial charge is 0.264 e. The molecule has 2 amide bonds. The van der Waals surface area contributed by atoms with Crippen LogP contribution in [0.2, 0.25) is 0 Å². The number of nitrogens with one attached hydrogen (secondary N) is 1. The van der Waals surface area contributed by atoms with Crippen molar-refractivity contribution in [2.45, 2.75) is 76.9 Å². The van der Waals surface area contributed by atoms with E-state index in [0.29, 0.717) is 11.4 Å². The molecule has 0 aliphatic rings. The zero-order chi connectivity index (χ0) is 35.1. The summed E-state index contributed by atoms with van der Waals surface area (Å²) in [5, 5.41) is 3.06. The molecule has 0 saturated carbocycles. The highest BCUT2D eigenvalue weighted by atomic mass is 32.2. The van der Waals surface area contributed by atoms with Gasteiger partial charge in [-0.15, -0.1) is 0 Å². The van der Waals surface area contributed by atoms with Crippen LogP contribution in [0.1, 0.15) is 62.8 Å². The number of carbonyl (C=O) groups excluding carboxylic acids is 2. The summed E-state index contributed by atoms with van der Waals surface area (Å²) < 4.78 is 35.2. The maximum atomic E-state index is 14.7. The minimum atomic E-state index is -4.18. The fourth-order valence-corrected chi connectivity index (χ4v) is 6.78. The third-order valence-electron chi connectivity index (χ3n) is 7.99. The molecule has 4 aromatic carbocycles. The number of rotatable bonds is 13. The van der Waals surface area contributed by atoms with E-state index in [9.17, 15) is 18.0 Å². The Morgan fingerprint density at radius 3 is 2.04 bits per heavy atom. The van der Waals surface area contributed by atoms with Crippen LogP contribution in [0, 0.1) is 6.92 Å². The monoisotopic (exact) mass is 669 g/mol. The summed E-state index contributed by atoms with van der Waals surface area (Å²) in [5.74, 6) is -0.0167. The van der Waals surface area contributed by atoms with Crippen molar-refractivity contribution in [3.8, 4) is 5.75 Å². The molecule has 9 heteroatoms. The van der Waals surface area contributed by atoms with E-state index >= 15 is 0 Å². The van der Waals surface area contributed by atoms with Crippen LogP contribution in [-0.4, -0.2) is 50.4 Å². The van der Waals surface area contributed by atoms with E-state index in [-0.39, 0.29) is 29.7 Å². The Hall–Kier alpha value is -4.63. The maximum Gasteiger partial charge on any atom is 0.264 e. The quantitative estimate of drug-likeness (QED) is 0.168. The van der Waals surface area contributed by atoms with Crippen LogP contribution < -0.4 is 14.4 Å². The molecule has 0 heterocycles. The zero-order valence-corrected chi connectivity index (χ0v) is 29.8. The van der Waals surface area contributed by atoms with E-state index in [4.69, 9.17) is 4.74 Å². The first-order chi connectivity index (χ1) is 22.7. The fourth-order valence-electron chi connectivity index (χ4n) is 5.37.